The second-order valence-corrected chi connectivity index (χ2v) is 8.92. The first-order valence-electron chi connectivity index (χ1n) is 10.5. The molecule has 10 heteroatoms. The highest BCUT2D eigenvalue weighted by Gasteiger charge is 2.30. The molecule has 1 fully saturated rings. The van der Waals surface area contributed by atoms with Gasteiger partial charge < -0.3 is 16.2 Å². The van der Waals surface area contributed by atoms with Gasteiger partial charge in [0.1, 0.15) is 12.1 Å². The van der Waals surface area contributed by atoms with Crippen LogP contribution in [0.15, 0.2) is 41.5 Å². The van der Waals surface area contributed by atoms with Crippen molar-refractivity contribution in [1.29, 1.82) is 0 Å². The summed E-state index contributed by atoms with van der Waals surface area (Å²) in [5.74, 6) is -0.322. The fraction of sp³-hybridized carbons (Fsp3) is 0.318. The molecule has 0 bridgehead atoms. The molecule has 0 spiro atoms. The number of halogens is 1. The fourth-order valence-corrected chi connectivity index (χ4v) is 5.02. The number of anilines is 1. The Morgan fingerprint density at radius 2 is 1.91 bits per heavy atom. The molecule has 4 heterocycles. The van der Waals surface area contributed by atoms with Crippen LogP contribution in [0.25, 0.3) is 16.9 Å². The van der Waals surface area contributed by atoms with Gasteiger partial charge in [-0.25, -0.2) is 15.0 Å². The van der Waals surface area contributed by atoms with Gasteiger partial charge in [-0.3, -0.25) is 4.79 Å². The molecule has 0 atom stereocenters. The Kier molecular flexibility index (Phi) is 5.38. The van der Waals surface area contributed by atoms with Crippen molar-refractivity contribution in [3.05, 3.63) is 58.4 Å². The largest absolute Gasteiger partial charge is 0.481 e. The lowest BCUT2D eigenvalue weighted by Crippen LogP contribution is -2.22. The van der Waals surface area contributed by atoms with Crippen molar-refractivity contribution in [2.24, 2.45) is 5.92 Å². The number of carboxylic acids is 1. The van der Waals surface area contributed by atoms with E-state index in [2.05, 4.69) is 36.3 Å². The highest BCUT2D eigenvalue weighted by Crippen LogP contribution is 2.40. The van der Waals surface area contributed by atoms with Crippen molar-refractivity contribution < 1.29 is 9.90 Å². The van der Waals surface area contributed by atoms with E-state index in [1.54, 1.807) is 23.1 Å². The van der Waals surface area contributed by atoms with E-state index in [-0.39, 0.29) is 11.8 Å². The van der Waals surface area contributed by atoms with Crippen molar-refractivity contribution in [2.75, 3.05) is 12.3 Å². The van der Waals surface area contributed by atoms with Crippen LogP contribution in [0.2, 0.25) is 0 Å². The quantitative estimate of drug-likeness (QED) is 0.502. The van der Waals surface area contributed by atoms with E-state index in [0.717, 1.165) is 45.4 Å². The van der Waals surface area contributed by atoms with Crippen LogP contribution in [0.1, 0.15) is 48.4 Å². The molecule has 1 saturated carbocycles. The van der Waals surface area contributed by atoms with Crippen molar-refractivity contribution in [3.63, 3.8) is 0 Å². The van der Waals surface area contributed by atoms with Gasteiger partial charge in [-0.2, -0.15) is 9.61 Å². The average molecular weight is 496 g/mol. The van der Waals surface area contributed by atoms with Crippen molar-refractivity contribution in [1.82, 2.24) is 29.9 Å². The SMILES string of the molecule is Nc1c(Br)c(C2CCC(C(=O)O)CC2)nc2c(C3=CC=C(c4cncnc4)NC3)cnn12. The summed E-state index contributed by atoms with van der Waals surface area (Å²) < 4.78 is 2.39. The minimum absolute atomic E-state index is 0.165. The molecule has 1 aliphatic carbocycles. The number of dihydropyridines is 1. The molecular formula is C22H22BrN7O2. The summed E-state index contributed by atoms with van der Waals surface area (Å²) in [7, 11) is 0. The fourth-order valence-electron chi connectivity index (χ4n) is 4.44. The van der Waals surface area contributed by atoms with Gasteiger partial charge in [0.15, 0.2) is 5.65 Å². The number of hydrogen-bond acceptors (Lipinski definition) is 7. The van der Waals surface area contributed by atoms with E-state index in [1.807, 2.05) is 12.2 Å². The normalized spacial score (nSPS) is 21.0. The number of fused-ring (bicyclic) bond motifs is 1. The van der Waals surface area contributed by atoms with E-state index in [1.165, 1.54) is 6.33 Å². The Balaban J connectivity index is 1.49. The number of rotatable bonds is 4. The Hall–Kier alpha value is -3.27. The first-order valence-corrected chi connectivity index (χ1v) is 11.3. The molecule has 0 unspecified atom stereocenters. The maximum Gasteiger partial charge on any atom is 0.306 e. The number of aromatic nitrogens is 5. The molecule has 3 aromatic rings. The monoisotopic (exact) mass is 495 g/mol. The van der Waals surface area contributed by atoms with Crippen LogP contribution in [-0.4, -0.2) is 42.2 Å². The molecule has 2 aliphatic rings. The minimum Gasteiger partial charge on any atom is -0.481 e. The first kappa shape index (κ1) is 20.6. The van der Waals surface area contributed by atoms with Gasteiger partial charge >= 0.3 is 5.97 Å². The van der Waals surface area contributed by atoms with Crippen LogP contribution in [-0.2, 0) is 4.79 Å². The lowest BCUT2D eigenvalue weighted by Gasteiger charge is -2.26. The van der Waals surface area contributed by atoms with E-state index < -0.39 is 5.97 Å². The summed E-state index contributed by atoms with van der Waals surface area (Å²) in [4.78, 5) is 24.4. The number of allylic oxidation sites excluding steroid dienone is 2. The number of aliphatic carboxylic acids is 1. The average Bonchev–Trinajstić information content (AvgIpc) is 3.26. The highest BCUT2D eigenvalue weighted by atomic mass is 79.9. The minimum atomic E-state index is -0.713. The molecule has 3 aromatic heterocycles. The lowest BCUT2D eigenvalue weighted by molar-refractivity contribution is -0.142. The number of nitrogens with zero attached hydrogens (tertiary/aromatic N) is 5. The molecule has 0 radical (unpaired) electrons. The molecular weight excluding hydrogens is 474 g/mol. The standard InChI is InChI=1S/C22H22BrN7O2/c23-18-19(12-1-3-13(4-2-12)22(31)32)29-21-16(10-28-30(21)20(18)24)14-5-6-17(27-9-14)15-7-25-11-26-8-15/h5-8,10-13,27H,1-4,9,24H2,(H,31,32). The number of carboxylic acid groups (broad SMARTS) is 1. The van der Waals surface area contributed by atoms with Crippen LogP contribution in [0.4, 0.5) is 5.82 Å². The van der Waals surface area contributed by atoms with Crippen LogP contribution >= 0.6 is 15.9 Å². The van der Waals surface area contributed by atoms with Crippen LogP contribution in [0.5, 0.6) is 0 Å². The van der Waals surface area contributed by atoms with E-state index >= 15 is 0 Å². The molecule has 32 heavy (non-hydrogen) atoms. The zero-order valence-electron chi connectivity index (χ0n) is 17.2. The summed E-state index contributed by atoms with van der Waals surface area (Å²) in [6, 6.07) is 0. The Bertz CT molecular complexity index is 1240. The third-order valence-corrected chi connectivity index (χ3v) is 7.06. The van der Waals surface area contributed by atoms with Gasteiger partial charge in [-0.1, -0.05) is 6.08 Å². The number of carbonyl (C=O) groups is 1. The van der Waals surface area contributed by atoms with Crippen LogP contribution < -0.4 is 11.1 Å². The highest BCUT2D eigenvalue weighted by molar-refractivity contribution is 9.10. The topological polar surface area (TPSA) is 131 Å². The smallest absolute Gasteiger partial charge is 0.306 e. The van der Waals surface area contributed by atoms with Gasteiger partial charge in [0.2, 0.25) is 0 Å². The maximum atomic E-state index is 11.3. The van der Waals surface area contributed by atoms with E-state index in [9.17, 15) is 9.90 Å². The zero-order chi connectivity index (χ0) is 22.2. The Morgan fingerprint density at radius 3 is 2.56 bits per heavy atom. The van der Waals surface area contributed by atoms with Crippen molar-refractivity contribution in [2.45, 2.75) is 31.6 Å². The second-order valence-electron chi connectivity index (χ2n) is 8.13. The van der Waals surface area contributed by atoms with Gasteiger partial charge in [-0.05, 0) is 53.3 Å². The molecule has 0 amide bonds. The number of hydrogen-bond donors (Lipinski definition) is 3. The van der Waals surface area contributed by atoms with Crippen LogP contribution in [0, 0.1) is 5.92 Å². The van der Waals surface area contributed by atoms with Gasteiger partial charge in [0, 0.05) is 41.7 Å². The predicted molar refractivity (Wildman–Crippen MR) is 123 cm³/mol. The molecule has 0 aromatic carbocycles. The summed E-state index contributed by atoms with van der Waals surface area (Å²) in [5, 5.41) is 17.2. The molecule has 164 valence electrons. The molecule has 5 rings (SSSR count). The summed E-state index contributed by atoms with van der Waals surface area (Å²) >= 11 is 3.61. The molecule has 4 N–H and O–H groups in total. The van der Waals surface area contributed by atoms with Crippen molar-refractivity contribution in [3.8, 4) is 0 Å². The second kappa shape index (κ2) is 8.34. The van der Waals surface area contributed by atoms with Crippen molar-refractivity contribution >= 4 is 44.6 Å². The lowest BCUT2D eigenvalue weighted by atomic mass is 9.80. The molecule has 9 nitrogen and oxygen atoms in total. The third kappa shape index (κ3) is 3.64. The third-order valence-electron chi connectivity index (χ3n) is 6.25. The number of nitrogens with one attached hydrogen (secondary N) is 1. The van der Waals surface area contributed by atoms with Gasteiger partial charge in [0.25, 0.3) is 0 Å². The molecule has 1 aliphatic heterocycles. The Labute approximate surface area is 192 Å². The first-order chi connectivity index (χ1) is 15.5. The summed E-state index contributed by atoms with van der Waals surface area (Å²) in [6.45, 7) is 0.610. The maximum absolute atomic E-state index is 11.3. The van der Waals surface area contributed by atoms with Gasteiger partial charge in [0.05, 0.1) is 22.3 Å². The van der Waals surface area contributed by atoms with Crippen LogP contribution in [0.3, 0.4) is 0 Å². The Morgan fingerprint density at radius 1 is 1.16 bits per heavy atom. The summed E-state index contributed by atoms with van der Waals surface area (Å²) in [6.07, 6.45) is 13.7. The zero-order valence-corrected chi connectivity index (χ0v) is 18.8. The number of nitrogen functional groups attached to an aromatic ring is 1. The van der Waals surface area contributed by atoms with E-state index in [4.69, 9.17) is 10.7 Å². The number of nitrogens with two attached hydrogens (primary N) is 1. The summed E-state index contributed by atoms with van der Waals surface area (Å²) in [5.41, 5.74) is 11.8. The molecule has 0 saturated heterocycles. The van der Waals surface area contributed by atoms with E-state index in [0.29, 0.717) is 30.9 Å². The predicted octanol–water partition coefficient (Wildman–Crippen LogP) is 3.25. The van der Waals surface area contributed by atoms with Gasteiger partial charge in [-0.15, -0.1) is 0 Å².